The van der Waals surface area contributed by atoms with Crippen LogP contribution in [-0.4, -0.2) is 23.8 Å². The lowest BCUT2D eigenvalue weighted by atomic mass is 9.30. The first-order valence-electron chi connectivity index (χ1n) is 14.1. The van der Waals surface area contributed by atoms with Crippen molar-refractivity contribution in [3.63, 3.8) is 0 Å². The molecule has 0 aromatic carbocycles. The first-order chi connectivity index (χ1) is 15.3. The molecule has 1 heterocycles. The summed E-state index contributed by atoms with van der Waals surface area (Å²) in [5.74, 6) is 1.89. The molecular formula is C30H50O3. The van der Waals surface area contributed by atoms with E-state index in [-0.39, 0.29) is 33.7 Å². The molecule has 0 bridgehead atoms. The van der Waals surface area contributed by atoms with E-state index in [0.29, 0.717) is 41.6 Å². The Morgan fingerprint density at radius 1 is 0.788 bits per heavy atom. The fourth-order valence-electron chi connectivity index (χ4n) is 11.0. The van der Waals surface area contributed by atoms with Crippen LogP contribution in [0, 0.1) is 50.2 Å². The SMILES string of the molecule is C[C@H]1OC(=O)CC[C@H]2[C@]1(C)CC[C@H]1[C@@]2(C)CC[C@@]2(C)[C@@H]3CC(C)(C)CC[C@]3(CO)CC[C@]12C. The van der Waals surface area contributed by atoms with E-state index >= 15 is 0 Å². The molecule has 0 spiro atoms. The molecule has 4 aliphatic carbocycles. The number of ether oxygens (including phenoxy) is 1. The van der Waals surface area contributed by atoms with Gasteiger partial charge in [0.05, 0.1) is 0 Å². The Morgan fingerprint density at radius 3 is 2.12 bits per heavy atom. The molecule has 0 aromatic rings. The summed E-state index contributed by atoms with van der Waals surface area (Å²) in [5.41, 5.74) is 1.47. The van der Waals surface area contributed by atoms with Gasteiger partial charge < -0.3 is 9.84 Å². The van der Waals surface area contributed by atoms with Crippen molar-refractivity contribution in [1.82, 2.24) is 0 Å². The van der Waals surface area contributed by atoms with Gasteiger partial charge in [-0.2, -0.15) is 0 Å². The molecule has 9 atom stereocenters. The maximum absolute atomic E-state index is 12.4. The molecule has 5 aliphatic rings. The van der Waals surface area contributed by atoms with E-state index in [2.05, 4.69) is 48.5 Å². The number of hydrogen-bond donors (Lipinski definition) is 1. The zero-order chi connectivity index (χ0) is 24.1. The number of hydrogen-bond acceptors (Lipinski definition) is 3. The van der Waals surface area contributed by atoms with Crippen molar-refractivity contribution in [2.75, 3.05) is 6.61 Å². The van der Waals surface area contributed by atoms with Crippen molar-refractivity contribution >= 4 is 5.97 Å². The van der Waals surface area contributed by atoms with Gasteiger partial charge in [-0.25, -0.2) is 0 Å². The number of carbonyl (C=O) groups excluding carboxylic acids is 1. The highest BCUT2D eigenvalue weighted by molar-refractivity contribution is 5.70. The maximum Gasteiger partial charge on any atom is 0.306 e. The summed E-state index contributed by atoms with van der Waals surface area (Å²) >= 11 is 0. The number of aliphatic hydroxyl groups is 1. The standard InChI is InChI=1S/C30H50O3/c1-20-26(4)11-10-22-27(5,21(26)8-9-24(32)33-20)13-14-29(7)23-18-25(2,3)12-16-30(23,19-31)17-15-28(22,29)6/h20-23,31H,8-19H2,1-7H3/t20-,21+,22+,23+,26-,27+,28-,29+,30-/m1/s1. The fourth-order valence-corrected chi connectivity index (χ4v) is 11.0. The van der Waals surface area contributed by atoms with Gasteiger partial charge in [-0.3, -0.25) is 4.79 Å². The number of fused-ring (bicyclic) bond motifs is 7. The summed E-state index contributed by atoms with van der Waals surface area (Å²) in [6.07, 6.45) is 12.8. The van der Waals surface area contributed by atoms with Crippen molar-refractivity contribution < 1.29 is 14.6 Å². The normalized spacial score (nSPS) is 55.8. The zero-order valence-corrected chi connectivity index (χ0v) is 22.6. The van der Waals surface area contributed by atoms with Crippen molar-refractivity contribution in [1.29, 1.82) is 0 Å². The minimum Gasteiger partial charge on any atom is -0.462 e. The number of cyclic esters (lactones) is 1. The molecule has 1 saturated heterocycles. The van der Waals surface area contributed by atoms with Gasteiger partial charge in [0.25, 0.3) is 0 Å². The van der Waals surface area contributed by atoms with Crippen LogP contribution in [0.4, 0.5) is 0 Å². The second-order valence-electron chi connectivity index (χ2n) is 15.1. The van der Waals surface area contributed by atoms with Crippen molar-refractivity contribution in [2.45, 2.75) is 125 Å². The predicted molar refractivity (Wildman–Crippen MR) is 133 cm³/mol. The minimum atomic E-state index is 0.0139. The molecule has 0 unspecified atom stereocenters. The van der Waals surface area contributed by atoms with Gasteiger partial charge in [0.2, 0.25) is 0 Å². The van der Waals surface area contributed by atoms with E-state index in [0.717, 1.165) is 6.42 Å². The lowest BCUT2D eigenvalue weighted by Crippen LogP contribution is -2.68. The molecular weight excluding hydrogens is 408 g/mol. The molecule has 4 saturated carbocycles. The van der Waals surface area contributed by atoms with Crippen LogP contribution < -0.4 is 0 Å². The van der Waals surface area contributed by atoms with Crippen LogP contribution in [0.5, 0.6) is 0 Å². The van der Waals surface area contributed by atoms with E-state index < -0.39 is 0 Å². The lowest BCUT2D eigenvalue weighted by Gasteiger charge is -2.74. The Bertz CT molecular complexity index is 819. The Morgan fingerprint density at radius 2 is 1.42 bits per heavy atom. The van der Waals surface area contributed by atoms with E-state index in [4.69, 9.17) is 4.74 Å². The third kappa shape index (κ3) is 3.05. The summed E-state index contributed by atoms with van der Waals surface area (Å²) in [6.45, 7) is 17.8. The quantitative estimate of drug-likeness (QED) is 0.424. The third-order valence-electron chi connectivity index (χ3n) is 13.5. The van der Waals surface area contributed by atoms with Crippen LogP contribution >= 0.6 is 0 Å². The largest absolute Gasteiger partial charge is 0.462 e. The fraction of sp³-hybridized carbons (Fsp3) is 0.967. The summed E-state index contributed by atoms with van der Waals surface area (Å²) in [7, 11) is 0. The molecule has 1 N–H and O–H groups in total. The monoisotopic (exact) mass is 458 g/mol. The molecule has 33 heavy (non-hydrogen) atoms. The van der Waals surface area contributed by atoms with Crippen LogP contribution in [0.25, 0.3) is 0 Å². The minimum absolute atomic E-state index is 0.0139. The van der Waals surface area contributed by atoms with Crippen LogP contribution in [0.1, 0.15) is 119 Å². The van der Waals surface area contributed by atoms with Gasteiger partial charge in [-0.1, -0.05) is 41.5 Å². The Kier molecular flexibility index (Phi) is 5.29. The van der Waals surface area contributed by atoms with E-state index in [1.165, 1.54) is 57.8 Å². The van der Waals surface area contributed by atoms with E-state index in [9.17, 15) is 9.90 Å². The second-order valence-corrected chi connectivity index (χ2v) is 15.1. The average molecular weight is 459 g/mol. The van der Waals surface area contributed by atoms with E-state index in [1.54, 1.807) is 0 Å². The van der Waals surface area contributed by atoms with Gasteiger partial charge in [-0.05, 0) is 116 Å². The number of aliphatic hydroxyl groups excluding tert-OH is 1. The Balaban J connectivity index is 1.56. The molecule has 0 aromatic heterocycles. The number of esters is 1. The summed E-state index contributed by atoms with van der Waals surface area (Å²) in [6, 6.07) is 0. The highest BCUT2D eigenvalue weighted by Gasteiger charge is 2.71. The van der Waals surface area contributed by atoms with Gasteiger partial charge in [0, 0.05) is 18.4 Å². The van der Waals surface area contributed by atoms with Crippen molar-refractivity contribution in [2.24, 2.45) is 50.2 Å². The molecule has 5 rings (SSSR count). The van der Waals surface area contributed by atoms with Gasteiger partial charge in [0.15, 0.2) is 0 Å². The van der Waals surface area contributed by atoms with Crippen LogP contribution in [0.2, 0.25) is 0 Å². The first-order valence-corrected chi connectivity index (χ1v) is 14.1. The summed E-state index contributed by atoms with van der Waals surface area (Å²) < 4.78 is 5.91. The van der Waals surface area contributed by atoms with Crippen molar-refractivity contribution in [3.8, 4) is 0 Å². The summed E-state index contributed by atoms with van der Waals surface area (Å²) in [5, 5.41) is 10.7. The van der Waals surface area contributed by atoms with Crippen LogP contribution in [-0.2, 0) is 9.53 Å². The van der Waals surface area contributed by atoms with Gasteiger partial charge in [0.1, 0.15) is 6.10 Å². The smallest absolute Gasteiger partial charge is 0.306 e. The molecule has 3 nitrogen and oxygen atoms in total. The Hall–Kier alpha value is -0.570. The predicted octanol–water partition coefficient (Wildman–Crippen LogP) is 7.16. The van der Waals surface area contributed by atoms with Gasteiger partial charge in [-0.15, -0.1) is 0 Å². The van der Waals surface area contributed by atoms with Crippen LogP contribution in [0.15, 0.2) is 0 Å². The third-order valence-corrected chi connectivity index (χ3v) is 13.5. The second kappa shape index (κ2) is 7.23. The number of carbonyl (C=O) groups is 1. The average Bonchev–Trinajstić information content (AvgIpc) is 2.86. The van der Waals surface area contributed by atoms with Crippen molar-refractivity contribution in [3.05, 3.63) is 0 Å². The molecule has 1 aliphatic heterocycles. The zero-order valence-electron chi connectivity index (χ0n) is 22.6. The van der Waals surface area contributed by atoms with Crippen LogP contribution in [0.3, 0.4) is 0 Å². The first kappa shape index (κ1) is 24.1. The lowest BCUT2D eigenvalue weighted by molar-refractivity contribution is -0.262. The Labute approximate surface area is 202 Å². The highest BCUT2D eigenvalue weighted by atomic mass is 16.5. The molecule has 0 amide bonds. The van der Waals surface area contributed by atoms with Gasteiger partial charge >= 0.3 is 5.97 Å². The topological polar surface area (TPSA) is 46.5 Å². The number of rotatable bonds is 1. The molecule has 0 radical (unpaired) electrons. The summed E-state index contributed by atoms with van der Waals surface area (Å²) in [4.78, 5) is 12.4. The van der Waals surface area contributed by atoms with E-state index in [1.807, 2.05) is 0 Å². The maximum atomic E-state index is 12.4. The molecule has 5 fully saturated rings. The molecule has 188 valence electrons. The molecule has 3 heteroatoms. The highest BCUT2D eigenvalue weighted by Crippen LogP contribution is 2.77.